The first-order valence-electron chi connectivity index (χ1n) is 5.30. The minimum absolute atomic E-state index is 0.00463. The van der Waals surface area contributed by atoms with Gasteiger partial charge in [-0.1, -0.05) is 11.6 Å². The first-order valence-corrected chi connectivity index (χ1v) is 6.56. The van der Waals surface area contributed by atoms with Gasteiger partial charge in [0.1, 0.15) is 4.88 Å². The van der Waals surface area contributed by atoms with Gasteiger partial charge in [0.2, 0.25) is 0 Å². The molecule has 1 saturated heterocycles. The lowest BCUT2D eigenvalue weighted by Crippen LogP contribution is -2.39. The van der Waals surface area contributed by atoms with Gasteiger partial charge in [0.05, 0.1) is 11.1 Å². The van der Waals surface area contributed by atoms with Gasteiger partial charge in [-0.2, -0.15) is 0 Å². The number of amides is 1. The van der Waals surface area contributed by atoms with Crippen LogP contribution in [0.1, 0.15) is 28.1 Å². The number of hydrogen-bond acceptors (Lipinski definition) is 3. The number of nitrogens with zero attached hydrogens (tertiary/aromatic N) is 1. The number of thiophene rings is 1. The molecule has 88 valence electrons. The van der Waals surface area contributed by atoms with Crippen LogP contribution >= 0.6 is 22.9 Å². The van der Waals surface area contributed by atoms with Crippen molar-refractivity contribution in [2.24, 2.45) is 0 Å². The van der Waals surface area contributed by atoms with Crippen LogP contribution in [0, 0.1) is 6.92 Å². The van der Waals surface area contributed by atoms with Crippen LogP contribution in [0.2, 0.25) is 5.02 Å². The van der Waals surface area contributed by atoms with Gasteiger partial charge in [-0.3, -0.25) is 4.79 Å². The predicted octanol–water partition coefficient (Wildman–Crippen LogP) is 2.31. The van der Waals surface area contributed by atoms with E-state index in [9.17, 15) is 9.90 Å². The molecular formula is C11H14ClNO2S. The van der Waals surface area contributed by atoms with Crippen molar-refractivity contribution >= 4 is 28.8 Å². The molecule has 0 aliphatic carbocycles. The van der Waals surface area contributed by atoms with E-state index in [0.717, 1.165) is 5.56 Å². The van der Waals surface area contributed by atoms with E-state index in [2.05, 4.69) is 0 Å². The van der Waals surface area contributed by atoms with Gasteiger partial charge in [0.15, 0.2) is 0 Å². The quantitative estimate of drug-likeness (QED) is 0.841. The molecule has 2 heterocycles. The summed E-state index contributed by atoms with van der Waals surface area (Å²) in [6, 6.07) is 0. The molecule has 1 aliphatic heterocycles. The summed E-state index contributed by atoms with van der Waals surface area (Å²) in [6.45, 7) is 3.14. The molecule has 5 heteroatoms. The fourth-order valence-corrected chi connectivity index (χ4v) is 3.03. The zero-order valence-corrected chi connectivity index (χ0v) is 10.6. The Kier molecular flexibility index (Phi) is 3.52. The lowest BCUT2D eigenvalue weighted by molar-refractivity contribution is 0.0551. The number of piperidine rings is 1. The molecule has 0 atom stereocenters. The SMILES string of the molecule is Cc1csc(C(=O)N2CCC(O)CC2)c1Cl. The molecular weight excluding hydrogens is 246 g/mol. The molecule has 0 unspecified atom stereocenters. The highest BCUT2D eigenvalue weighted by molar-refractivity contribution is 7.13. The highest BCUT2D eigenvalue weighted by Gasteiger charge is 2.25. The lowest BCUT2D eigenvalue weighted by atomic mass is 10.1. The van der Waals surface area contributed by atoms with E-state index in [-0.39, 0.29) is 12.0 Å². The van der Waals surface area contributed by atoms with Gasteiger partial charge < -0.3 is 10.0 Å². The van der Waals surface area contributed by atoms with Gasteiger partial charge in [-0.15, -0.1) is 11.3 Å². The van der Waals surface area contributed by atoms with Crippen molar-refractivity contribution in [3.63, 3.8) is 0 Å². The standard InChI is InChI=1S/C11H14ClNO2S/c1-7-6-16-10(9(7)12)11(15)13-4-2-8(14)3-5-13/h6,8,14H,2-5H2,1H3. The second-order valence-corrected chi connectivity index (χ2v) is 5.34. The molecule has 1 N–H and O–H groups in total. The van der Waals surface area contributed by atoms with Gasteiger partial charge in [-0.05, 0) is 30.7 Å². The van der Waals surface area contributed by atoms with Crippen LogP contribution in [0.4, 0.5) is 0 Å². The molecule has 1 amide bonds. The fourth-order valence-electron chi connectivity index (χ4n) is 1.79. The monoisotopic (exact) mass is 259 g/mol. The lowest BCUT2D eigenvalue weighted by Gasteiger charge is -2.29. The molecule has 2 rings (SSSR count). The molecule has 0 radical (unpaired) electrons. The second-order valence-electron chi connectivity index (χ2n) is 4.09. The summed E-state index contributed by atoms with van der Waals surface area (Å²) in [7, 11) is 0. The smallest absolute Gasteiger partial charge is 0.265 e. The summed E-state index contributed by atoms with van der Waals surface area (Å²) >= 11 is 7.46. The fraction of sp³-hybridized carbons (Fsp3) is 0.545. The number of halogens is 1. The van der Waals surface area contributed by atoms with Crippen molar-refractivity contribution in [3.05, 3.63) is 20.8 Å². The normalized spacial score (nSPS) is 17.8. The average Bonchev–Trinajstić information content (AvgIpc) is 2.60. The first-order chi connectivity index (χ1) is 7.59. The zero-order valence-electron chi connectivity index (χ0n) is 9.07. The van der Waals surface area contributed by atoms with Gasteiger partial charge in [0.25, 0.3) is 5.91 Å². The summed E-state index contributed by atoms with van der Waals surface area (Å²) in [6.07, 6.45) is 1.06. The van der Waals surface area contributed by atoms with Crippen molar-refractivity contribution in [2.75, 3.05) is 13.1 Å². The Morgan fingerprint density at radius 3 is 2.69 bits per heavy atom. The highest BCUT2D eigenvalue weighted by Crippen LogP contribution is 2.29. The Hall–Kier alpha value is -0.580. The molecule has 0 saturated carbocycles. The van der Waals surface area contributed by atoms with Gasteiger partial charge in [-0.25, -0.2) is 0 Å². The molecule has 16 heavy (non-hydrogen) atoms. The molecule has 1 aromatic rings. The number of hydrogen-bond donors (Lipinski definition) is 1. The van der Waals surface area contributed by atoms with E-state index in [0.29, 0.717) is 35.8 Å². The number of carbonyl (C=O) groups is 1. The largest absolute Gasteiger partial charge is 0.393 e. The van der Waals surface area contributed by atoms with E-state index in [4.69, 9.17) is 11.6 Å². The van der Waals surface area contributed by atoms with E-state index >= 15 is 0 Å². The molecule has 3 nitrogen and oxygen atoms in total. The van der Waals surface area contributed by atoms with Crippen LogP contribution in [-0.4, -0.2) is 35.1 Å². The van der Waals surface area contributed by atoms with Crippen molar-refractivity contribution < 1.29 is 9.90 Å². The van der Waals surface area contributed by atoms with Gasteiger partial charge in [0, 0.05) is 13.1 Å². The van der Waals surface area contributed by atoms with Crippen LogP contribution in [-0.2, 0) is 0 Å². The summed E-state index contributed by atoms with van der Waals surface area (Å²) < 4.78 is 0. The summed E-state index contributed by atoms with van der Waals surface area (Å²) in [5, 5.41) is 11.8. The minimum Gasteiger partial charge on any atom is -0.393 e. The summed E-state index contributed by atoms with van der Waals surface area (Å²) in [4.78, 5) is 14.5. The molecule has 0 spiro atoms. The number of likely N-dealkylation sites (tertiary alicyclic amines) is 1. The zero-order chi connectivity index (χ0) is 11.7. The third-order valence-electron chi connectivity index (χ3n) is 2.85. The molecule has 1 aromatic heterocycles. The second kappa shape index (κ2) is 4.73. The topological polar surface area (TPSA) is 40.5 Å². The Morgan fingerprint density at radius 2 is 2.19 bits per heavy atom. The number of aliphatic hydroxyl groups excluding tert-OH is 1. The Morgan fingerprint density at radius 1 is 1.56 bits per heavy atom. The average molecular weight is 260 g/mol. The van der Waals surface area contributed by atoms with E-state index < -0.39 is 0 Å². The van der Waals surface area contributed by atoms with Crippen molar-refractivity contribution in [2.45, 2.75) is 25.9 Å². The number of rotatable bonds is 1. The van der Waals surface area contributed by atoms with Crippen molar-refractivity contribution in [1.29, 1.82) is 0 Å². The summed E-state index contributed by atoms with van der Waals surface area (Å²) in [5.74, 6) is -0.00463. The highest BCUT2D eigenvalue weighted by atomic mass is 35.5. The maximum Gasteiger partial charge on any atom is 0.265 e. The Bertz CT molecular complexity index is 397. The van der Waals surface area contributed by atoms with Crippen molar-refractivity contribution in [1.82, 2.24) is 4.90 Å². The van der Waals surface area contributed by atoms with Crippen LogP contribution in [0.5, 0.6) is 0 Å². The van der Waals surface area contributed by atoms with Crippen molar-refractivity contribution in [3.8, 4) is 0 Å². The summed E-state index contributed by atoms with van der Waals surface area (Å²) in [5.41, 5.74) is 0.951. The molecule has 0 bridgehead atoms. The van der Waals surface area contributed by atoms with Crippen LogP contribution in [0.25, 0.3) is 0 Å². The van der Waals surface area contributed by atoms with Crippen LogP contribution in [0.3, 0.4) is 0 Å². The number of carbonyl (C=O) groups excluding carboxylic acids is 1. The molecule has 1 fully saturated rings. The predicted molar refractivity (Wildman–Crippen MR) is 65.2 cm³/mol. The first kappa shape index (κ1) is 11.9. The minimum atomic E-state index is -0.260. The Labute approximate surface area is 104 Å². The Balaban J connectivity index is 2.11. The number of aryl methyl sites for hydroxylation is 1. The number of aliphatic hydroxyl groups is 1. The van der Waals surface area contributed by atoms with E-state index in [1.165, 1.54) is 11.3 Å². The maximum absolute atomic E-state index is 12.1. The van der Waals surface area contributed by atoms with E-state index in [1.807, 2.05) is 12.3 Å². The molecule has 0 aromatic carbocycles. The molecule has 1 aliphatic rings. The third kappa shape index (κ3) is 2.24. The third-order valence-corrected chi connectivity index (χ3v) is 4.53. The van der Waals surface area contributed by atoms with Gasteiger partial charge >= 0.3 is 0 Å². The van der Waals surface area contributed by atoms with E-state index in [1.54, 1.807) is 4.90 Å². The maximum atomic E-state index is 12.1. The van der Waals surface area contributed by atoms with Crippen LogP contribution < -0.4 is 0 Å². The van der Waals surface area contributed by atoms with Crippen LogP contribution in [0.15, 0.2) is 5.38 Å².